The Labute approximate surface area is 91.5 Å². The molecule has 0 fully saturated rings. The van der Waals surface area contributed by atoms with Crippen molar-refractivity contribution >= 4 is 0 Å². The molecule has 1 aromatic heterocycles. The summed E-state index contributed by atoms with van der Waals surface area (Å²) < 4.78 is 25.2. The van der Waals surface area contributed by atoms with Gasteiger partial charge in [-0.2, -0.15) is 13.9 Å². The molecule has 1 heterocycles. The van der Waals surface area contributed by atoms with Crippen molar-refractivity contribution in [3.63, 3.8) is 0 Å². The molecule has 1 aromatic carbocycles. The van der Waals surface area contributed by atoms with E-state index < -0.39 is 6.55 Å². The molecule has 2 N–H and O–H groups in total. The topological polar surface area (TPSA) is 43.8 Å². The highest BCUT2D eigenvalue weighted by molar-refractivity contribution is 5.61. The van der Waals surface area contributed by atoms with E-state index in [4.69, 9.17) is 5.73 Å². The summed E-state index contributed by atoms with van der Waals surface area (Å²) >= 11 is 0. The fraction of sp³-hybridized carbons (Fsp3) is 0.182. The molecule has 0 saturated carbocycles. The summed E-state index contributed by atoms with van der Waals surface area (Å²) in [6.07, 6.45) is 2.74. The molecular formula is C11H11F2N3. The van der Waals surface area contributed by atoms with Crippen molar-refractivity contribution in [2.75, 3.05) is 0 Å². The van der Waals surface area contributed by atoms with E-state index in [1.165, 1.54) is 12.4 Å². The second-order valence-corrected chi connectivity index (χ2v) is 3.39. The Morgan fingerprint density at radius 1 is 1.19 bits per heavy atom. The molecule has 2 rings (SSSR count). The molecule has 16 heavy (non-hydrogen) atoms. The molecule has 2 aromatic rings. The van der Waals surface area contributed by atoms with Gasteiger partial charge in [-0.1, -0.05) is 24.3 Å². The standard InChI is InChI=1S/C11H11F2N3/c12-11(13)16-7-10(6-15-16)9-3-1-8(5-14)2-4-9/h1-4,6-7,11H,5,14H2. The van der Waals surface area contributed by atoms with E-state index in [0.29, 0.717) is 16.8 Å². The monoisotopic (exact) mass is 223 g/mol. The van der Waals surface area contributed by atoms with E-state index in [-0.39, 0.29) is 0 Å². The largest absolute Gasteiger partial charge is 0.333 e. The summed E-state index contributed by atoms with van der Waals surface area (Å²) in [7, 11) is 0. The molecule has 0 spiro atoms. The minimum atomic E-state index is -2.60. The molecule has 0 bridgehead atoms. The Morgan fingerprint density at radius 3 is 2.38 bits per heavy atom. The van der Waals surface area contributed by atoms with Gasteiger partial charge < -0.3 is 5.73 Å². The van der Waals surface area contributed by atoms with Crippen LogP contribution in [-0.2, 0) is 6.54 Å². The van der Waals surface area contributed by atoms with Crippen molar-refractivity contribution in [2.45, 2.75) is 13.1 Å². The third kappa shape index (κ3) is 2.09. The van der Waals surface area contributed by atoms with Crippen LogP contribution in [0.25, 0.3) is 11.1 Å². The van der Waals surface area contributed by atoms with Crippen molar-refractivity contribution in [3.8, 4) is 11.1 Å². The van der Waals surface area contributed by atoms with Gasteiger partial charge in [-0.3, -0.25) is 0 Å². The summed E-state index contributed by atoms with van der Waals surface area (Å²) in [6, 6.07) is 7.42. The van der Waals surface area contributed by atoms with Gasteiger partial charge in [0.25, 0.3) is 0 Å². The van der Waals surface area contributed by atoms with Crippen molar-refractivity contribution in [2.24, 2.45) is 5.73 Å². The number of halogens is 2. The minimum Gasteiger partial charge on any atom is -0.326 e. The molecule has 0 radical (unpaired) electrons. The van der Waals surface area contributed by atoms with Crippen LogP contribution in [0.1, 0.15) is 12.1 Å². The second-order valence-electron chi connectivity index (χ2n) is 3.39. The van der Waals surface area contributed by atoms with Gasteiger partial charge in [0.2, 0.25) is 0 Å². The maximum atomic E-state index is 12.3. The number of benzene rings is 1. The summed E-state index contributed by atoms with van der Waals surface area (Å²) in [5, 5.41) is 3.58. The lowest BCUT2D eigenvalue weighted by atomic mass is 10.1. The SMILES string of the molecule is NCc1ccc(-c2cnn(C(F)F)c2)cc1. The predicted molar refractivity (Wildman–Crippen MR) is 56.8 cm³/mol. The molecule has 3 nitrogen and oxygen atoms in total. The quantitative estimate of drug-likeness (QED) is 0.868. The lowest BCUT2D eigenvalue weighted by molar-refractivity contribution is 0.0566. The van der Waals surface area contributed by atoms with Crippen LogP contribution in [0.15, 0.2) is 36.7 Å². The molecule has 5 heteroatoms. The highest BCUT2D eigenvalue weighted by atomic mass is 19.3. The first-order chi connectivity index (χ1) is 7.70. The lowest BCUT2D eigenvalue weighted by Crippen LogP contribution is -1.96. The van der Waals surface area contributed by atoms with E-state index in [1.54, 1.807) is 0 Å². The normalized spacial score (nSPS) is 11.0. The van der Waals surface area contributed by atoms with Gasteiger partial charge in [0.05, 0.1) is 6.20 Å². The van der Waals surface area contributed by atoms with Crippen LogP contribution in [0, 0.1) is 0 Å². The number of hydrogen-bond acceptors (Lipinski definition) is 2. The van der Waals surface area contributed by atoms with Crippen molar-refractivity contribution in [1.29, 1.82) is 0 Å². The first-order valence-electron chi connectivity index (χ1n) is 4.82. The first-order valence-corrected chi connectivity index (χ1v) is 4.82. The van der Waals surface area contributed by atoms with Crippen LogP contribution in [0.5, 0.6) is 0 Å². The smallest absolute Gasteiger partial charge is 0.326 e. The number of rotatable bonds is 3. The number of nitrogens with zero attached hydrogens (tertiary/aromatic N) is 2. The molecule has 0 aliphatic rings. The highest BCUT2D eigenvalue weighted by Gasteiger charge is 2.08. The van der Waals surface area contributed by atoms with Crippen molar-refractivity contribution < 1.29 is 8.78 Å². The Kier molecular flexibility index (Phi) is 2.96. The van der Waals surface area contributed by atoms with Gasteiger partial charge in [-0.15, -0.1) is 0 Å². The Morgan fingerprint density at radius 2 is 1.88 bits per heavy atom. The molecular weight excluding hydrogens is 212 g/mol. The van der Waals surface area contributed by atoms with Crippen LogP contribution in [0.2, 0.25) is 0 Å². The number of aromatic nitrogens is 2. The van der Waals surface area contributed by atoms with Gasteiger partial charge in [0.1, 0.15) is 0 Å². The summed E-state index contributed by atoms with van der Waals surface area (Å²) in [5.41, 5.74) is 7.99. The molecule has 0 aliphatic heterocycles. The predicted octanol–water partition coefficient (Wildman–Crippen LogP) is 2.40. The molecule has 0 atom stereocenters. The van der Waals surface area contributed by atoms with E-state index >= 15 is 0 Å². The average molecular weight is 223 g/mol. The highest BCUT2D eigenvalue weighted by Crippen LogP contribution is 2.21. The maximum Gasteiger partial charge on any atom is 0.333 e. The van der Waals surface area contributed by atoms with Crippen molar-refractivity contribution in [3.05, 3.63) is 42.2 Å². The Balaban J connectivity index is 2.28. The van der Waals surface area contributed by atoms with E-state index in [1.807, 2.05) is 24.3 Å². The second kappa shape index (κ2) is 4.40. The minimum absolute atomic E-state index is 0.469. The molecule has 0 saturated heterocycles. The molecule has 0 unspecified atom stereocenters. The number of hydrogen-bond donors (Lipinski definition) is 1. The zero-order chi connectivity index (χ0) is 11.5. The van der Waals surface area contributed by atoms with Crippen LogP contribution < -0.4 is 5.73 Å². The van der Waals surface area contributed by atoms with Gasteiger partial charge in [-0.25, -0.2) is 4.68 Å². The summed E-state index contributed by atoms with van der Waals surface area (Å²) in [4.78, 5) is 0. The van der Waals surface area contributed by atoms with Gasteiger partial charge in [-0.05, 0) is 11.1 Å². The maximum absolute atomic E-state index is 12.3. The number of nitrogens with two attached hydrogens (primary N) is 1. The van der Waals surface area contributed by atoms with E-state index in [2.05, 4.69) is 5.10 Å². The van der Waals surface area contributed by atoms with E-state index in [0.717, 1.165) is 11.1 Å². The summed E-state index contributed by atoms with van der Waals surface area (Å²) in [6.45, 7) is -2.13. The Hall–Kier alpha value is -1.75. The van der Waals surface area contributed by atoms with Crippen LogP contribution >= 0.6 is 0 Å². The molecule has 84 valence electrons. The fourth-order valence-electron chi connectivity index (χ4n) is 1.43. The molecule has 0 amide bonds. The van der Waals surface area contributed by atoms with Crippen LogP contribution in [0.4, 0.5) is 8.78 Å². The third-order valence-electron chi connectivity index (χ3n) is 2.32. The van der Waals surface area contributed by atoms with Gasteiger partial charge >= 0.3 is 6.55 Å². The third-order valence-corrected chi connectivity index (χ3v) is 2.32. The van der Waals surface area contributed by atoms with Gasteiger partial charge in [0.15, 0.2) is 0 Å². The number of alkyl halides is 2. The first kappa shape index (κ1) is 10.8. The van der Waals surface area contributed by atoms with Gasteiger partial charge in [0, 0.05) is 18.3 Å². The van der Waals surface area contributed by atoms with Crippen LogP contribution in [0.3, 0.4) is 0 Å². The van der Waals surface area contributed by atoms with Crippen molar-refractivity contribution in [1.82, 2.24) is 9.78 Å². The van der Waals surface area contributed by atoms with Crippen LogP contribution in [-0.4, -0.2) is 9.78 Å². The van der Waals surface area contributed by atoms with E-state index in [9.17, 15) is 8.78 Å². The summed E-state index contributed by atoms with van der Waals surface area (Å²) in [5.74, 6) is 0. The average Bonchev–Trinajstić information content (AvgIpc) is 2.78. The zero-order valence-corrected chi connectivity index (χ0v) is 8.48. The lowest BCUT2D eigenvalue weighted by Gasteiger charge is -1.99. The zero-order valence-electron chi connectivity index (χ0n) is 8.48. The Bertz CT molecular complexity index is 462. The molecule has 0 aliphatic carbocycles. The fourth-order valence-corrected chi connectivity index (χ4v) is 1.43.